The smallest absolute Gasteiger partial charge is 0.373 e. The molecule has 1 aliphatic carbocycles. The lowest BCUT2D eigenvalue weighted by Crippen LogP contribution is -2.37. The Labute approximate surface area is 145 Å². The normalized spacial score (nSPS) is 26.6. The average molecular weight is 371 g/mol. The molecular formula is C16H21NO7S. The van der Waals surface area contributed by atoms with Gasteiger partial charge in [-0.25, -0.2) is 13.2 Å². The number of carbonyl (C=O) groups is 2. The zero-order chi connectivity index (χ0) is 18.4. The molecule has 0 spiro atoms. The quantitative estimate of drug-likeness (QED) is 0.780. The number of sulfonamides is 1. The van der Waals surface area contributed by atoms with Crippen LogP contribution in [-0.4, -0.2) is 50.0 Å². The van der Waals surface area contributed by atoms with E-state index in [1.807, 2.05) is 0 Å². The van der Waals surface area contributed by atoms with Crippen LogP contribution in [0.1, 0.15) is 42.5 Å². The van der Waals surface area contributed by atoms with Crippen molar-refractivity contribution in [2.45, 2.75) is 37.5 Å². The zero-order valence-electron chi connectivity index (χ0n) is 14.1. The summed E-state index contributed by atoms with van der Waals surface area (Å²) in [6, 6.07) is 1.17. The SMILES string of the molecule is CCc1oc(C(=O)OC)cc1S(=O)(=O)N1C[C@@H]2CCC[C@@]2(C(=O)O)C1. The van der Waals surface area contributed by atoms with Crippen LogP contribution < -0.4 is 0 Å². The van der Waals surface area contributed by atoms with Crippen molar-refractivity contribution in [2.24, 2.45) is 11.3 Å². The van der Waals surface area contributed by atoms with E-state index in [2.05, 4.69) is 4.74 Å². The Morgan fingerprint density at radius 1 is 1.48 bits per heavy atom. The Morgan fingerprint density at radius 2 is 2.20 bits per heavy atom. The molecule has 1 N–H and O–H groups in total. The number of fused-ring (bicyclic) bond motifs is 1. The third kappa shape index (κ3) is 2.65. The second-order valence-electron chi connectivity index (χ2n) is 6.59. The van der Waals surface area contributed by atoms with E-state index in [0.29, 0.717) is 12.8 Å². The van der Waals surface area contributed by atoms with Crippen LogP contribution in [0.2, 0.25) is 0 Å². The van der Waals surface area contributed by atoms with Crippen LogP contribution in [0.5, 0.6) is 0 Å². The molecule has 1 aromatic heterocycles. The highest BCUT2D eigenvalue weighted by molar-refractivity contribution is 7.89. The first-order chi connectivity index (χ1) is 11.8. The minimum atomic E-state index is -3.95. The van der Waals surface area contributed by atoms with Gasteiger partial charge < -0.3 is 14.3 Å². The van der Waals surface area contributed by atoms with Crippen molar-refractivity contribution in [3.63, 3.8) is 0 Å². The van der Waals surface area contributed by atoms with E-state index >= 15 is 0 Å². The molecule has 25 heavy (non-hydrogen) atoms. The van der Waals surface area contributed by atoms with Crippen molar-refractivity contribution in [1.82, 2.24) is 4.31 Å². The van der Waals surface area contributed by atoms with E-state index in [9.17, 15) is 23.1 Å². The molecule has 2 aliphatic rings. The van der Waals surface area contributed by atoms with E-state index in [0.717, 1.165) is 6.42 Å². The van der Waals surface area contributed by atoms with Crippen molar-refractivity contribution < 1.29 is 32.3 Å². The highest BCUT2D eigenvalue weighted by Gasteiger charge is 2.57. The molecule has 2 fully saturated rings. The summed E-state index contributed by atoms with van der Waals surface area (Å²) in [5.41, 5.74) is -1.01. The molecule has 2 atom stereocenters. The van der Waals surface area contributed by atoms with Crippen molar-refractivity contribution in [2.75, 3.05) is 20.2 Å². The highest BCUT2D eigenvalue weighted by Crippen LogP contribution is 2.50. The second-order valence-corrected chi connectivity index (χ2v) is 8.50. The van der Waals surface area contributed by atoms with Crippen molar-refractivity contribution >= 4 is 22.0 Å². The lowest BCUT2D eigenvalue weighted by molar-refractivity contribution is -0.149. The Kier molecular flexibility index (Phi) is 4.40. The van der Waals surface area contributed by atoms with Crippen LogP contribution in [0, 0.1) is 11.3 Å². The van der Waals surface area contributed by atoms with Gasteiger partial charge >= 0.3 is 11.9 Å². The molecule has 1 saturated heterocycles. The molecule has 0 unspecified atom stereocenters. The number of aryl methyl sites for hydroxylation is 1. The number of rotatable bonds is 5. The topological polar surface area (TPSA) is 114 Å². The van der Waals surface area contributed by atoms with Gasteiger partial charge in [0, 0.05) is 25.6 Å². The number of hydrogen-bond acceptors (Lipinski definition) is 6. The molecule has 9 heteroatoms. The third-order valence-electron chi connectivity index (χ3n) is 5.36. The maximum Gasteiger partial charge on any atom is 0.373 e. The summed E-state index contributed by atoms with van der Waals surface area (Å²) in [5, 5.41) is 9.64. The number of aliphatic carboxylic acids is 1. The van der Waals surface area contributed by atoms with E-state index < -0.39 is 27.4 Å². The Hall–Kier alpha value is -1.87. The predicted octanol–water partition coefficient (Wildman–Crippen LogP) is 1.50. The summed E-state index contributed by atoms with van der Waals surface area (Å²) < 4.78 is 37.2. The number of carboxylic acids is 1. The molecule has 1 aromatic rings. The first-order valence-corrected chi connectivity index (χ1v) is 9.65. The van der Waals surface area contributed by atoms with Gasteiger partial charge in [0.2, 0.25) is 15.8 Å². The molecule has 0 radical (unpaired) electrons. The number of esters is 1. The zero-order valence-corrected chi connectivity index (χ0v) is 15.0. The number of carbonyl (C=O) groups excluding carboxylic acids is 1. The van der Waals surface area contributed by atoms with Gasteiger partial charge in [0.1, 0.15) is 10.7 Å². The largest absolute Gasteiger partial charge is 0.481 e. The van der Waals surface area contributed by atoms with Gasteiger partial charge in [0.15, 0.2) is 0 Å². The number of methoxy groups -OCH3 is 1. The summed E-state index contributed by atoms with van der Waals surface area (Å²) >= 11 is 0. The molecule has 138 valence electrons. The Morgan fingerprint density at radius 3 is 2.76 bits per heavy atom. The Bertz CT molecular complexity index is 812. The fraction of sp³-hybridized carbons (Fsp3) is 0.625. The first kappa shape index (κ1) is 17.9. The van der Waals surface area contributed by atoms with Gasteiger partial charge in [-0.3, -0.25) is 4.79 Å². The maximum atomic E-state index is 13.1. The highest BCUT2D eigenvalue weighted by atomic mass is 32.2. The monoisotopic (exact) mass is 371 g/mol. The fourth-order valence-electron chi connectivity index (χ4n) is 3.99. The molecule has 2 heterocycles. The lowest BCUT2D eigenvalue weighted by atomic mass is 9.81. The number of furan rings is 1. The molecule has 1 saturated carbocycles. The Balaban J connectivity index is 1.97. The predicted molar refractivity (Wildman–Crippen MR) is 85.6 cm³/mol. The summed E-state index contributed by atoms with van der Waals surface area (Å²) in [5.74, 6) is -1.88. The van der Waals surface area contributed by atoms with Crippen LogP contribution >= 0.6 is 0 Å². The molecule has 1 aliphatic heterocycles. The number of hydrogen-bond donors (Lipinski definition) is 1. The maximum absolute atomic E-state index is 13.1. The van der Waals surface area contributed by atoms with Crippen LogP contribution in [-0.2, 0) is 26.0 Å². The summed E-state index contributed by atoms with van der Waals surface area (Å²) in [6.45, 7) is 1.85. The molecule has 0 bridgehead atoms. The second kappa shape index (κ2) is 6.14. The van der Waals surface area contributed by atoms with Crippen molar-refractivity contribution in [3.8, 4) is 0 Å². The minimum Gasteiger partial charge on any atom is -0.481 e. The summed E-state index contributed by atoms with van der Waals surface area (Å²) in [4.78, 5) is 23.3. The number of ether oxygens (including phenoxy) is 1. The van der Waals surface area contributed by atoms with E-state index in [1.54, 1.807) is 6.92 Å². The molecule has 8 nitrogen and oxygen atoms in total. The molecule has 3 rings (SSSR count). The van der Waals surface area contributed by atoms with Crippen LogP contribution in [0.15, 0.2) is 15.4 Å². The van der Waals surface area contributed by atoms with Crippen LogP contribution in [0.25, 0.3) is 0 Å². The minimum absolute atomic E-state index is 0.0444. The standard InChI is InChI=1S/C16H21NO7S/c1-3-11-13(7-12(24-11)14(18)23-2)25(21,22)17-8-10-5-4-6-16(10,9-17)15(19)20/h7,10H,3-6,8-9H2,1-2H3,(H,19,20)/t10-,16+/m0/s1. The average Bonchev–Trinajstić information content (AvgIpc) is 3.25. The van der Waals surface area contributed by atoms with Gasteiger partial charge in [0.25, 0.3) is 0 Å². The summed E-state index contributed by atoms with van der Waals surface area (Å²) in [6.07, 6.45) is 2.27. The number of nitrogens with zero attached hydrogens (tertiary/aromatic N) is 1. The lowest BCUT2D eigenvalue weighted by Gasteiger charge is -2.23. The number of carboxylic acid groups (broad SMARTS) is 1. The van der Waals surface area contributed by atoms with Crippen LogP contribution in [0.3, 0.4) is 0 Å². The van der Waals surface area contributed by atoms with E-state index in [4.69, 9.17) is 4.42 Å². The van der Waals surface area contributed by atoms with Crippen molar-refractivity contribution in [3.05, 3.63) is 17.6 Å². The van der Waals surface area contributed by atoms with Gasteiger partial charge in [-0.1, -0.05) is 13.3 Å². The summed E-state index contributed by atoms with van der Waals surface area (Å²) in [7, 11) is -2.76. The molecule has 0 aromatic carbocycles. The van der Waals surface area contributed by atoms with Gasteiger partial charge in [-0.2, -0.15) is 4.31 Å². The van der Waals surface area contributed by atoms with Gasteiger partial charge in [-0.05, 0) is 18.8 Å². The van der Waals surface area contributed by atoms with Crippen molar-refractivity contribution in [1.29, 1.82) is 0 Å². The molecular weight excluding hydrogens is 350 g/mol. The van der Waals surface area contributed by atoms with E-state index in [1.165, 1.54) is 17.5 Å². The first-order valence-electron chi connectivity index (χ1n) is 8.21. The fourth-order valence-corrected chi connectivity index (χ4v) is 5.78. The van der Waals surface area contributed by atoms with Crippen LogP contribution in [0.4, 0.5) is 0 Å². The van der Waals surface area contributed by atoms with E-state index in [-0.39, 0.29) is 41.8 Å². The van der Waals surface area contributed by atoms with Gasteiger partial charge in [-0.15, -0.1) is 0 Å². The third-order valence-corrected chi connectivity index (χ3v) is 7.22. The molecule has 0 amide bonds. The van der Waals surface area contributed by atoms with Gasteiger partial charge in [0.05, 0.1) is 12.5 Å².